The van der Waals surface area contributed by atoms with Crippen LogP contribution in [-0.2, 0) is 15.7 Å². The number of anilines is 1. The molecule has 0 aliphatic heterocycles. The number of carbonyl (C=O) groups is 2. The van der Waals surface area contributed by atoms with E-state index in [1.807, 2.05) is 0 Å². The molecule has 198 valence electrons. The number of hydrogen-bond acceptors (Lipinski definition) is 6. The molecule has 0 aromatic heterocycles. The first-order valence-electron chi connectivity index (χ1n) is 10.5. The lowest BCUT2D eigenvalue weighted by Crippen LogP contribution is -2.40. The minimum absolute atomic E-state index is 0.127. The molecule has 13 heteroatoms. The highest BCUT2D eigenvalue weighted by Crippen LogP contribution is 2.35. The molecule has 0 bridgehead atoms. The summed E-state index contributed by atoms with van der Waals surface area (Å²) >= 11 is 12.1. The Labute approximate surface area is 216 Å². The van der Waals surface area contributed by atoms with Crippen LogP contribution in [0.5, 0.6) is 11.5 Å². The van der Waals surface area contributed by atoms with Crippen LogP contribution in [0.3, 0.4) is 0 Å². The average molecular weight is 552 g/mol. The maximum absolute atomic E-state index is 12.8. The van der Waals surface area contributed by atoms with Crippen molar-refractivity contribution in [1.29, 1.82) is 0 Å². The first kappa shape index (κ1) is 29.2. The molecule has 2 rings (SSSR count). The SMILES string of the molecule is CN(CCOc1ccc(NC(Oc2ccc(C(F)(F)F)cc2Cl)C(N)=O)cc1Cl)C(=O)OC(C)(C)C. The fourth-order valence-corrected chi connectivity index (χ4v) is 3.10. The van der Waals surface area contributed by atoms with Crippen LogP contribution in [0.4, 0.5) is 23.7 Å². The Kier molecular flexibility index (Phi) is 9.56. The van der Waals surface area contributed by atoms with Crippen molar-refractivity contribution >= 4 is 40.9 Å². The highest BCUT2D eigenvalue weighted by molar-refractivity contribution is 6.32. The van der Waals surface area contributed by atoms with Gasteiger partial charge in [-0.2, -0.15) is 13.2 Å². The van der Waals surface area contributed by atoms with Gasteiger partial charge in [0, 0.05) is 12.7 Å². The number of alkyl halides is 3. The van der Waals surface area contributed by atoms with Crippen molar-refractivity contribution in [3.8, 4) is 11.5 Å². The van der Waals surface area contributed by atoms with Crippen LogP contribution in [0.15, 0.2) is 36.4 Å². The maximum atomic E-state index is 12.8. The zero-order valence-electron chi connectivity index (χ0n) is 19.9. The van der Waals surface area contributed by atoms with Crippen LogP contribution in [-0.4, -0.2) is 48.9 Å². The summed E-state index contributed by atoms with van der Waals surface area (Å²) in [5.74, 6) is -0.823. The smallest absolute Gasteiger partial charge is 0.416 e. The molecule has 0 fully saturated rings. The van der Waals surface area contributed by atoms with Gasteiger partial charge in [0.2, 0.25) is 6.23 Å². The lowest BCUT2D eigenvalue weighted by atomic mass is 10.2. The van der Waals surface area contributed by atoms with Crippen LogP contribution >= 0.6 is 23.2 Å². The van der Waals surface area contributed by atoms with Gasteiger partial charge in [0.1, 0.15) is 23.7 Å². The van der Waals surface area contributed by atoms with E-state index in [9.17, 15) is 22.8 Å². The standard InChI is InChI=1S/C23H26Cl2F3N3O5/c1-22(2,3)36-21(33)31(4)9-10-34-17-8-6-14(12-16(17)25)30-20(19(29)32)35-18-7-5-13(11-15(18)24)23(26,27)28/h5-8,11-12,20,30H,9-10H2,1-4H3,(H2,29,32). The van der Waals surface area contributed by atoms with Gasteiger partial charge in [-0.15, -0.1) is 0 Å². The number of carbonyl (C=O) groups excluding carboxylic acids is 2. The Bertz CT molecular complexity index is 1090. The molecule has 0 saturated heterocycles. The van der Waals surface area contributed by atoms with E-state index in [-0.39, 0.29) is 28.9 Å². The summed E-state index contributed by atoms with van der Waals surface area (Å²) in [5, 5.41) is 2.52. The second kappa shape index (κ2) is 11.8. The number of primary amides is 1. The van der Waals surface area contributed by atoms with Gasteiger partial charge in [0.25, 0.3) is 5.91 Å². The second-order valence-corrected chi connectivity index (χ2v) is 9.40. The highest BCUT2D eigenvalue weighted by atomic mass is 35.5. The van der Waals surface area contributed by atoms with Crippen LogP contribution in [0.2, 0.25) is 10.0 Å². The van der Waals surface area contributed by atoms with E-state index in [1.54, 1.807) is 27.8 Å². The molecule has 2 aromatic rings. The predicted octanol–water partition coefficient (Wildman–Crippen LogP) is 5.56. The van der Waals surface area contributed by atoms with Gasteiger partial charge >= 0.3 is 12.3 Å². The van der Waals surface area contributed by atoms with Crippen LogP contribution < -0.4 is 20.5 Å². The number of nitrogens with one attached hydrogen (secondary N) is 1. The Morgan fingerprint density at radius 3 is 2.19 bits per heavy atom. The van der Waals surface area contributed by atoms with Crippen LogP contribution in [0, 0.1) is 0 Å². The van der Waals surface area contributed by atoms with Gasteiger partial charge in [0.15, 0.2) is 0 Å². The number of rotatable bonds is 9. The van der Waals surface area contributed by atoms with E-state index in [0.29, 0.717) is 17.5 Å². The number of hydrogen-bond donors (Lipinski definition) is 2. The van der Waals surface area contributed by atoms with Gasteiger partial charge in [0.05, 0.1) is 22.2 Å². The van der Waals surface area contributed by atoms with Gasteiger partial charge < -0.3 is 30.2 Å². The number of nitrogens with two attached hydrogens (primary N) is 1. The molecule has 2 amide bonds. The monoisotopic (exact) mass is 551 g/mol. The molecule has 0 radical (unpaired) electrons. The Morgan fingerprint density at radius 1 is 1.06 bits per heavy atom. The molecular formula is C23H26Cl2F3N3O5. The van der Waals surface area contributed by atoms with E-state index in [4.69, 9.17) is 43.1 Å². The van der Waals surface area contributed by atoms with Crippen molar-refractivity contribution in [2.45, 2.75) is 38.8 Å². The molecule has 8 nitrogen and oxygen atoms in total. The van der Waals surface area contributed by atoms with E-state index >= 15 is 0 Å². The molecule has 1 atom stereocenters. The predicted molar refractivity (Wildman–Crippen MR) is 129 cm³/mol. The molecule has 1 unspecified atom stereocenters. The largest absolute Gasteiger partial charge is 0.490 e. The van der Waals surface area contributed by atoms with E-state index in [0.717, 1.165) is 12.1 Å². The molecule has 0 spiro atoms. The van der Waals surface area contributed by atoms with Crippen molar-refractivity contribution in [3.05, 3.63) is 52.0 Å². The zero-order chi connectivity index (χ0) is 27.3. The van der Waals surface area contributed by atoms with Crippen molar-refractivity contribution in [2.75, 3.05) is 25.5 Å². The fraction of sp³-hybridized carbons (Fsp3) is 0.391. The normalized spacial score (nSPS) is 12.5. The first-order chi connectivity index (χ1) is 16.6. The number of nitrogens with zero attached hydrogens (tertiary/aromatic N) is 1. The summed E-state index contributed by atoms with van der Waals surface area (Å²) in [6, 6.07) is 6.90. The number of halogens is 5. The summed E-state index contributed by atoms with van der Waals surface area (Å²) < 4.78 is 54.7. The summed E-state index contributed by atoms with van der Waals surface area (Å²) in [5.41, 5.74) is 4.08. The van der Waals surface area contributed by atoms with Gasteiger partial charge in [-0.25, -0.2) is 4.79 Å². The molecular weight excluding hydrogens is 526 g/mol. The van der Waals surface area contributed by atoms with E-state index < -0.39 is 35.6 Å². The number of amides is 2. The van der Waals surface area contributed by atoms with Gasteiger partial charge in [-0.3, -0.25) is 4.79 Å². The number of ether oxygens (including phenoxy) is 3. The lowest BCUT2D eigenvalue weighted by molar-refractivity contribution is -0.137. The Balaban J connectivity index is 2.01. The van der Waals surface area contributed by atoms with Crippen molar-refractivity contribution < 1.29 is 37.0 Å². The summed E-state index contributed by atoms with van der Waals surface area (Å²) in [4.78, 5) is 25.2. The fourth-order valence-electron chi connectivity index (χ4n) is 2.64. The van der Waals surface area contributed by atoms with Crippen molar-refractivity contribution in [1.82, 2.24) is 4.90 Å². The molecule has 36 heavy (non-hydrogen) atoms. The van der Waals surface area contributed by atoms with E-state index in [2.05, 4.69) is 5.32 Å². The third-order valence-corrected chi connectivity index (χ3v) is 4.97. The lowest BCUT2D eigenvalue weighted by Gasteiger charge is -2.24. The van der Waals surface area contributed by atoms with Crippen molar-refractivity contribution in [3.63, 3.8) is 0 Å². The van der Waals surface area contributed by atoms with Crippen LogP contribution in [0.25, 0.3) is 0 Å². The third kappa shape index (κ3) is 8.87. The molecule has 0 saturated carbocycles. The molecule has 0 heterocycles. The molecule has 0 aliphatic carbocycles. The quantitative estimate of drug-likeness (QED) is 0.395. The molecule has 3 N–H and O–H groups in total. The highest BCUT2D eigenvalue weighted by Gasteiger charge is 2.31. The first-order valence-corrected chi connectivity index (χ1v) is 11.3. The number of likely N-dealkylation sites (N-methyl/N-ethyl adjacent to an activating group) is 1. The minimum atomic E-state index is -4.59. The Morgan fingerprint density at radius 2 is 1.67 bits per heavy atom. The minimum Gasteiger partial charge on any atom is -0.490 e. The van der Waals surface area contributed by atoms with Crippen LogP contribution in [0.1, 0.15) is 26.3 Å². The molecule has 2 aromatic carbocycles. The van der Waals surface area contributed by atoms with Gasteiger partial charge in [-0.05, 0) is 57.2 Å². The van der Waals surface area contributed by atoms with Crippen molar-refractivity contribution in [2.24, 2.45) is 5.73 Å². The molecule has 0 aliphatic rings. The second-order valence-electron chi connectivity index (χ2n) is 8.58. The summed E-state index contributed by atoms with van der Waals surface area (Å²) in [6.07, 6.45) is -6.55. The summed E-state index contributed by atoms with van der Waals surface area (Å²) in [6.45, 7) is 5.64. The topological polar surface area (TPSA) is 103 Å². The summed E-state index contributed by atoms with van der Waals surface area (Å²) in [7, 11) is 1.57. The number of benzene rings is 2. The average Bonchev–Trinajstić information content (AvgIpc) is 2.73. The van der Waals surface area contributed by atoms with E-state index in [1.165, 1.54) is 23.1 Å². The zero-order valence-corrected chi connectivity index (χ0v) is 21.4. The van der Waals surface area contributed by atoms with Gasteiger partial charge in [-0.1, -0.05) is 23.2 Å². The third-order valence-electron chi connectivity index (χ3n) is 4.38. The maximum Gasteiger partial charge on any atom is 0.416 e. The Hall–Kier alpha value is -3.05.